The van der Waals surface area contributed by atoms with Gasteiger partial charge in [-0.05, 0) is 6.42 Å². The summed E-state index contributed by atoms with van der Waals surface area (Å²) in [5, 5.41) is 0. The second-order valence-electron chi connectivity index (χ2n) is 3.65. The summed E-state index contributed by atoms with van der Waals surface area (Å²) >= 11 is 0. The molecule has 0 saturated carbocycles. The van der Waals surface area contributed by atoms with Crippen LogP contribution in [0.2, 0.25) is 0 Å². The molecule has 0 radical (unpaired) electrons. The summed E-state index contributed by atoms with van der Waals surface area (Å²) in [7, 11) is -3.09. The van der Waals surface area contributed by atoms with E-state index in [0.29, 0.717) is 0 Å². The first-order valence-corrected chi connectivity index (χ1v) is 6.90. The molecule has 0 aromatic heterocycles. The van der Waals surface area contributed by atoms with Crippen LogP contribution in [0.3, 0.4) is 0 Å². The van der Waals surface area contributed by atoms with Crippen LogP contribution in [0.15, 0.2) is 12.1 Å². The molecule has 17 heavy (non-hydrogen) atoms. The lowest BCUT2D eigenvalue weighted by Gasteiger charge is -2.08. The van der Waals surface area contributed by atoms with E-state index in [9.17, 15) is 17.2 Å². The molecule has 0 fully saturated rings. The average Bonchev–Trinajstić information content (AvgIpc) is 2.13. The predicted octanol–water partition coefficient (Wildman–Crippen LogP) is 1.36. The SMILES string of the molecule is CS(=O)(=O)CCCOc1c(F)cc(N)cc1F. The zero-order valence-electron chi connectivity index (χ0n) is 9.24. The molecular formula is C10H13F2NO3S. The molecule has 0 bridgehead atoms. The van der Waals surface area contributed by atoms with E-state index < -0.39 is 27.2 Å². The van der Waals surface area contributed by atoms with Gasteiger partial charge in [-0.15, -0.1) is 0 Å². The van der Waals surface area contributed by atoms with Crippen LogP contribution in [0.5, 0.6) is 5.75 Å². The lowest BCUT2D eigenvalue weighted by molar-refractivity contribution is 0.285. The Bertz CT molecular complexity index is 479. The summed E-state index contributed by atoms with van der Waals surface area (Å²) in [6.45, 7) is -0.0785. The second-order valence-corrected chi connectivity index (χ2v) is 5.91. The van der Waals surface area contributed by atoms with Gasteiger partial charge in [0, 0.05) is 24.1 Å². The van der Waals surface area contributed by atoms with Crippen LogP contribution < -0.4 is 10.5 Å². The summed E-state index contributed by atoms with van der Waals surface area (Å²) < 4.78 is 52.9. The minimum absolute atomic E-state index is 0.0384. The van der Waals surface area contributed by atoms with Crippen LogP contribution in [0.4, 0.5) is 14.5 Å². The summed E-state index contributed by atoms with van der Waals surface area (Å²) in [5.41, 5.74) is 5.19. The first-order chi connectivity index (χ1) is 7.79. The van der Waals surface area contributed by atoms with Gasteiger partial charge in [-0.3, -0.25) is 0 Å². The predicted molar refractivity (Wildman–Crippen MR) is 60.6 cm³/mol. The van der Waals surface area contributed by atoms with Crippen molar-refractivity contribution < 1.29 is 21.9 Å². The molecule has 0 unspecified atom stereocenters. The van der Waals surface area contributed by atoms with Crippen molar-refractivity contribution in [2.24, 2.45) is 0 Å². The maximum atomic E-state index is 13.2. The molecule has 0 saturated heterocycles. The number of anilines is 1. The number of halogens is 2. The number of hydrogen-bond donors (Lipinski definition) is 1. The molecule has 96 valence electrons. The Hall–Kier alpha value is -1.37. The fourth-order valence-electron chi connectivity index (χ4n) is 1.21. The number of benzene rings is 1. The number of ether oxygens (including phenoxy) is 1. The molecule has 4 nitrogen and oxygen atoms in total. The van der Waals surface area contributed by atoms with E-state index in [2.05, 4.69) is 0 Å². The highest BCUT2D eigenvalue weighted by Gasteiger charge is 2.12. The zero-order chi connectivity index (χ0) is 13.1. The lowest BCUT2D eigenvalue weighted by Crippen LogP contribution is -2.09. The van der Waals surface area contributed by atoms with Crippen molar-refractivity contribution in [2.75, 3.05) is 24.3 Å². The van der Waals surface area contributed by atoms with Gasteiger partial charge in [0.25, 0.3) is 0 Å². The van der Waals surface area contributed by atoms with Gasteiger partial charge in [0.2, 0.25) is 0 Å². The third-order valence-corrected chi connectivity index (χ3v) is 2.96. The minimum atomic E-state index is -3.09. The maximum Gasteiger partial charge on any atom is 0.190 e. The van der Waals surface area contributed by atoms with E-state index in [1.807, 2.05) is 0 Å². The number of nitrogen functional groups attached to an aromatic ring is 1. The molecule has 0 atom stereocenters. The van der Waals surface area contributed by atoms with E-state index in [4.69, 9.17) is 10.5 Å². The van der Waals surface area contributed by atoms with Gasteiger partial charge < -0.3 is 10.5 Å². The fraction of sp³-hybridized carbons (Fsp3) is 0.400. The molecule has 0 aliphatic heterocycles. The monoisotopic (exact) mass is 265 g/mol. The Balaban J connectivity index is 2.58. The topological polar surface area (TPSA) is 69.4 Å². The van der Waals surface area contributed by atoms with Crippen molar-refractivity contribution >= 4 is 15.5 Å². The van der Waals surface area contributed by atoms with Gasteiger partial charge in [0.1, 0.15) is 9.84 Å². The average molecular weight is 265 g/mol. The smallest absolute Gasteiger partial charge is 0.190 e. The molecule has 2 N–H and O–H groups in total. The summed E-state index contributed by atoms with van der Waals surface area (Å²) in [6.07, 6.45) is 1.25. The molecule has 1 aromatic rings. The van der Waals surface area contributed by atoms with Crippen LogP contribution >= 0.6 is 0 Å². The van der Waals surface area contributed by atoms with Crippen LogP contribution in [-0.4, -0.2) is 27.0 Å². The first kappa shape index (κ1) is 13.7. The summed E-state index contributed by atoms with van der Waals surface area (Å²) in [5.74, 6) is -2.43. The largest absolute Gasteiger partial charge is 0.488 e. The lowest BCUT2D eigenvalue weighted by atomic mass is 10.3. The van der Waals surface area contributed by atoms with Crippen molar-refractivity contribution in [1.29, 1.82) is 0 Å². The Morgan fingerprint density at radius 2 is 1.82 bits per heavy atom. The molecule has 7 heteroatoms. The number of sulfone groups is 1. The van der Waals surface area contributed by atoms with Gasteiger partial charge in [0.15, 0.2) is 17.4 Å². The fourth-order valence-corrected chi connectivity index (χ4v) is 1.85. The number of rotatable bonds is 5. The summed E-state index contributed by atoms with van der Waals surface area (Å²) in [6, 6.07) is 1.88. The Morgan fingerprint density at radius 1 is 1.29 bits per heavy atom. The van der Waals surface area contributed by atoms with Gasteiger partial charge in [-0.2, -0.15) is 0 Å². The molecule has 1 aromatic carbocycles. The maximum absolute atomic E-state index is 13.2. The van der Waals surface area contributed by atoms with Crippen LogP contribution in [-0.2, 0) is 9.84 Å². The highest BCUT2D eigenvalue weighted by Crippen LogP contribution is 2.24. The minimum Gasteiger partial charge on any atom is -0.488 e. The normalized spacial score (nSPS) is 11.5. The van der Waals surface area contributed by atoms with Gasteiger partial charge >= 0.3 is 0 Å². The Labute approximate surface area is 98.3 Å². The summed E-state index contributed by atoms with van der Waals surface area (Å²) in [4.78, 5) is 0. The second kappa shape index (κ2) is 5.31. The number of hydrogen-bond acceptors (Lipinski definition) is 4. The van der Waals surface area contributed by atoms with Crippen molar-refractivity contribution in [3.8, 4) is 5.75 Å². The standard InChI is InChI=1S/C10H13F2NO3S/c1-17(14,15)4-2-3-16-10-8(11)5-7(13)6-9(10)12/h5-6H,2-4,13H2,1H3. The molecule has 0 spiro atoms. The molecular weight excluding hydrogens is 252 g/mol. The molecule has 0 aliphatic carbocycles. The van der Waals surface area contributed by atoms with Crippen LogP contribution in [0, 0.1) is 11.6 Å². The highest BCUT2D eigenvalue weighted by molar-refractivity contribution is 7.90. The molecule has 1 rings (SSSR count). The molecule has 0 amide bonds. The first-order valence-electron chi connectivity index (χ1n) is 4.84. The van der Waals surface area contributed by atoms with E-state index in [1.165, 1.54) is 0 Å². The van der Waals surface area contributed by atoms with Crippen molar-refractivity contribution in [2.45, 2.75) is 6.42 Å². The Morgan fingerprint density at radius 3 is 2.29 bits per heavy atom. The van der Waals surface area contributed by atoms with E-state index in [0.717, 1.165) is 18.4 Å². The van der Waals surface area contributed by atoms with Crippen molar-refractivity contribution in [3.63, 3.8) is 0 Å². The van der Waals surface area contributed by atoms with Crippen molar-refractivity contribution in [3.05, 3.63) is 23.8 Å². The van der Waals surface area contributed by atoms with Crippen LogP contribution in [0.1, 0.15) is 6.42 Å². The molecule has 0 heterocycles. The third-order valence-electron chi connectivity index (χ3n) is 1.93. The highest BCUT2D eigenvalue weighted by atomic mass is 32.2. The van der Waals surface area contributed by atoms with Gasteiger partial charge in [-0.25, -0.2) is 17.2 Å². The van der Waals surface area contributed by atoms with E-state index in [-0.39, 0.29) is 24.5 Å². The third kappa shape index (κ3) is 4.56. The Kier molecular flexibility index (Phi) is 4.28. The zero-order valence-corrected chi connectivity index (χ0v) is 10.1. The molecule has 0 aliphatic rings. The van der Waals surface area contributed by atoms with Gasteiger partial charge in [0.05, 0.1) is 12.4 Å². The number of nitrogens with two attached hydrogens (primary N) is 1. The van der Waals surface area contributed by atoms with Gasteiger partial charge in [-0.1, -0.05) is 0 Å². The van der Waals surface area contributed by atoms with E-state index in [1.54, 1.807) is 0 Å². The quantitative estimate of drug-likeness (QED) is 0.644. The van der Waals surface area contributed by atoms with E-state index >= 15 is 0 Å². The van der Waals surface area contributed by atoms with Crippen molar-refractivity contribution in [1.82, 2.24) is 0 Å². The van der Waals surface area contributed by atoms with Crippen LogP contribution in [0.25, 0.3) is 0 Å².